The van der Waals surface area contributed by atoms with Crippen LogP contribution in [0.15, 0.2) is 48.5 Å². The van der Waals surface area contributed by atoms with Crippen LogP contribution in [0.25, 0.3) is 0 Å². The highest BCUT2D eigenvalue weighted by Gasteiger charge is 2.30. The van der Waals surface area contributed by atoms with Gasteiger partial charge in [0.15, 0.2) is 6.61 Å². The number of anilines is 1. The molecule has 0 spiro atoms. The number of nitrogens with zero attached hydrogens (tertiary/aromatic N) is 1. The topological polar surface area (TPSA) is 58.6 Å². The summed E-state index contributed by atoms with van der Waals surface area (Å²) in [5.41, 5.74) is 2.03. The molecule has 5 nitrogen and oxygen atoms in total. The number of rotatable bonds is 6. The van der Waals surface area contributed by atoms with Gasteiger partial charge in [0.2, 0.25) is 5.91 Å². The van der Waals surface area contributed by atoms with E-state index >= 15 is 0 Å². The first-order valence-electron chi connectivity index (χ1n) is 8.53. The SMILES string of the molecule is Cc1ccc(N2CC(CNC(=O)COc3ccc(F)cc3)CC2=O)cc1. The summed E-state index contributed by atoms with van der Waals surface area (Å²) in [5.74, 6) is -0.0567. The van der Waals surface area contributed by atoms with Crippen molar-refractivity contribution in [2.45, 2.75) is 13.3 Å². The minimum Gasteiger partial charge on any atom is -0.484 e. The number of carbonyl (C=O) groups is 2. The molecule has 2 amide bonds. The number of hydrogen-bond acceptors (Lipinski definition) is 3. The van der Waals surface area contributed by atoms with Crippen LogP contribution in [0.5, 0.6) is 5.75 Å². The van der Waals surface area contributed by atoms with Crippen molar-refractivity contribution in [3.63, 3.8) is 0 Å². The lowest BCUT2D eigenvalue weighted by Crippen LogP contribution is -2.34. The Bertz CT molecular complexity index is 775. The molecule has 1 saturated heterocycles. The Kier molecular flexibility index (Phi) is 5.51. The average Bonchev–Trinajstić information content (AvgIpc) is 3.01. The number of ether oxygens (including phenoxy) is 1. The lowest BCUT2D eigenvalue weighted by Gasteiger charge is -2.17. The highest BCUT2D eigenvalue weighted by Crippen LogP contribution is 2.24. The van der Waals surface area contributed by atoms with Crippen LogP contribution in [-0.2, 0) is 9.59 Å². The van der Waals surface area contributed by atoms with Crippen molar-refractivity contribution in [1.82, 2.24) is 5.32 Å². The van der Waals surface area contributed by atoms with E-state index in [1.807, 2.05) is 31.2 Å². The van der Waals surface area contributed by atoms with Gasteiger partial charge in [-0.3, -0.25) is 9.59 Å². The molecule has 2 aromatic rings. The normalized spacial score (nSPS) is 16.6. The molecular weight excluding hydrogens is 335 g/mol. The van der Waals surface area contributed by atoms with Gasteiger partial charge in [-0.2, -0.15) is 0 Å². The third-order valence-electron chi connectivity index (χ3n) is 4.32. The predicted molar refractivity (Wildman–Crippen MR) is 96.5 cm³/mol. The maximum atomic E-state index is 12.8. The molecule has 1 fully saturated rings. The van der Waals surface area contributed by atoms with E-state index in [4.69, 9.17) is 4.74 Å². The van der Waals surface area contributed by atoms with Crippen molar-refractivity contribution < 1.29 is 18.7 Å². The van der Waals surface area contributed by atoms with Gasteiger partial charge in [0, 0.05) is 31.1 Å². The Morgan fingerprint density at radius 3 is 2.58 bits per heavy atom. The number of carbonyl (C=O) groups excluding carboxylic acids is 2. The van der Waals surface area contributed by atoms with Crippen LogP contribution < -0.4 is 15.0 Å². The van der Waals surface area contributed by atoms with E-state index in [9.17, 15) is 14.0 Å². The van der Waals surface area contributed by atoms with Crippen LogP contribution in [0.3, 0.4) is 0 Å². The maximum Gasteiger partial charge on any atom is 0.257 e. The Labute approximate surface area is 151 Å². The quantitative estimate of drug-likeness (QED) is 0.866. The molecule has 1 N–H and O–H groups in total. The average molecular weight is 356 g/mol. The lowest BCUT2D eigenvalue weighted by molar-refractivity contribution is -0.123. The molecule has 1 atom stereocenters. The van der Waals surface area contributed by atoms with Crippen LogP contribution in [0.4, 0.5) is 10.1 Å². The molecule has 1 heterocycles. The summed E-state index contributed by atoms with van der Waals surface area (Å²) < 4.78 is 18.1. The smallest absolute Gasteiger partial charge is 0.257 e. The standard InChI is InChI=1S/C20H21FN2O3/c1-14-2-6-17(7-3-14)23-12-15(10-20(23)25)11-22-19(24)13-26-18-8-4-16(21)5-9-18/h2-9,15H,10-13H2,1H3,(H,22,24). The summed E-state index contributed by atoms with van der Waals surface area (Å²) in [6.45, 7) is 2.86. The summed E-state index contributed by atoms with van der Waals surface area (Å²) in [4.78, 5) is 25.9. The van der Waals surface area contributed by atoms with Crippen molar-refractivity contribution in [3.8, 4) is 5.75 Å². The third-order valence-corrected chi connectivity index (χ3v) is 4.32. The third kappa shape index (κ3) is 4.59. The van der Waals surface area contributed by atoms with Crippen molar-refractivity contribution in [3.05, 3.63) is 59.9 Å². The van der Waals surface area contributed by atoms with Crippen LogP contribution >= 0.6 is 0 Å². The summed E-state index contributed by atoms with van der Waals surface area (Å²) in [6, 6.07) is 13.3. The summed E-state index contributed by atoms with van der Waals surface area (Å²) in [6.07, 6.45) is 0.410. The fourth-order valence-corrected chi connectivity index (χ4v) is 2.88. The Morgan fingerprint density at radius 1 is 1.19 bits per heavy atom. The zero-order chi connectivity index (χ0) is 18.5. The number of halogens is 1. The van der Waals surface area contributed by atoms with E-state index in [1.54, 1.807) is 4.90 Å². The molecule has 0 radical (unpaired) electrons. The van der Waals surface area contributed by atoms with Crippen molar-refractivity contribution in [2.24, 2.45) is 5.92 Å². The molecule has 2 aromatic carbocycles. The van der Waals surface area contributed by atoms with E-state index in [-0.39, 0.29) is 30.2 Å². The van der Waals surface area contributed by atoms with Crippen LogP contribution in [0.1, 0.15) is 12.0 Å². The molecule has 6 heteroatoms. The number of nitrogens with one attached hydrogen (secondary N) is 1. The number of aryl methyl sites for hydroxylation is 1. The summed E-state index contributed by atoms with van der Waals surface area (Å²) in [7, 11) is 0. The van der Waals surface area contributed by atoms with Crippen LogP contribution in [0.2, 0.25) is 0 Å². The largest absolute Gasteiger partial charge is 0.484 e. The highest BCUT2D eigenvalue weighted by atomic mass is 19.1. The fourth-order valence-electron chi connectivity index (χ4n) is 2.88. The first-order valence-corrected chi connectivity index (χ1v) is 8.53. The summed E-state index contributed by atoms with van der Waals surface area (Å²) >= 11 is 0. The molecule has 3 rings (SSSR count). The minimum atomic E-state index is -0.356. The highest BCUT2D eigenvalue weighted by molar-refractivity contribution is 5.95. The van der Waals surface area contributed by atoms with Gasteiger partial charge in [0.1, 0.15) is 11.6 Å². The zero-order valence-electron chi connectivity index (χ0n) is 14.6. The molecule has 0 aliphatic carbocycles. The van der Waals surface area contributed by atoms with E-state index in [2.05, 4.69) is 5.32 Å². The molecule has 1 unspecified atom stereocenters. The second-order valence-corrected chi connectivity index (χ2v) is 6.46. The van der Waals surface area contributed by atoms with Crippen molar-refractivity contribution in [1.29, 1.82) is 0 Å². The van der Waals surface area contributed by atoms with E-state index in [0.717, 1.165) is 11.3 Å². The van der Waals surface area contributed by atoms with Gasteiger partial charge < -0.3 is 15.0 Å². The second-order valence-electron chi connectivity index (χ2n) is 6.46. The Hall–Kier alpha value is -2.89. The first-order chi connectivity index (χ1) is 12.5. The molecular formula is C20H21FN2O3. The zero-order valence-corrected chi connectivity index (χ0v) is 14.6. The van der Waals surface area contributed by atoms with Gasteiger partial charge in [0.05, 0.1) is 0 Å². The number of amides is 2. The molecule has 0 aromatic heterocycles. The fraction of sp³-hybridized carbons (Fsp3) is 0.300. The Morgan fingerprint density at radius 2 is 1.88 bits per heavy atom. The van der Waals surface area contributed by atoms with E-state index < -0.39 is 0 Å². The molecule has 0 bridgehead atoms. The molecule has 1 aliphatic rings. The molecule has 0 saturated carbocycles. The molecule has 136 valence electrons. The predicted octanol–water partition coefficient (Wildman–Crippen LogP) is 2.68. The van der Waals surface area contributed by atoms with Crippen molar-refractivity contribution in [2.75, 3.05) is 24.6 Å². The van der Waals surface area contributed by atoms with Gasteiger partial charge in [-0.25, -0.2) is 4.39 Å². The van der Waals surface area contributed by atoms with Crippen molar-refractivity contribution >= 4 is 17.5 Å². The van der Waals surface area contributed by atoms with E-state index in [0.29, 0.717) is 25.3 Å². The molecule has 26 heavy (non-hydrogen) atoms. The Balaban J connectivity index is 1.44. The monoisotopic (exact) mass is 356 g/mol. The molecule has 1 aliphatic heterocycles. The number of benzene rings is 2. The van der Waals surface area contributed by atoms with Gasteiger partial charge in [0.25, 0.3) is 5.91 Å². The maximum absolute atomic E-state index is 12.8. The summed E-state index contributed by atoms with van der Waals surface area (Å²) in [5, 5.41) is 2.79. The first kappa shape index (κ1) is 17.9. The van der Waals surface area contributed by atoms with E-state index in [1.165, 1.54) is 24.3 Å². The van der Waals surface area contributed by atoms with Crippen LogP contribution in [0, 0.1) is 18.7 Å². The van der Waals surface area contributed by atoms with Gasteiger partial charge >= 0.3 is 0 Å². The number of hydrogen-bond donors (Lipinski definition) is 1. The van der Waals surface area contributed by atoms with Gasteiger partial charge in [-0.05, 0) is 43.3 Å². The minimum absolute atomic E-state index is 0.0654. The lowest BCUT2D eigenvalue weighted by atomic mass is 10.1. The van der Waals surface area contributed by atoms with Gasteiger partial charge in [-0.1, -0.05) is 17.7 Å². The van der Waals surface area contributed by atoms with Crippen LogP contribution in [-0.4, -0.2) is 31.5 Å². The van der Waals surface area contributed by atoms with Gasteiger partial charge in [-0.15, -0.1) is 0 Å². The second kappa shape index (κ2) is 7.99.